The van der Waals surface area contributed by atoms with Gasteiger partial charge in [0.2, 0.25) is 11.7 Å². The van der Waals surface area contributed by atoms with Gasteiger partial charge in [-0.25, -0.2) is 4.98 Å². The minimum Gasteiger partial charge on any atom is -0.342 e. The van der Waals surface area contributed by atoms with Gasteiger partial charge in [-0.3, -0.25) is 4.79 Å². The van der Waals surface area contributed by atoms with Crippen LogP contribution in [0.25, 0.3) is 11.0 Å². The Bertz CT molecular complexity index is 1090. The number of amides is 1. The summed E-state index contributed by atoms with van der Waals surface area (Å²) in [6.45, 7) is 1.47. The number of hydrogen-bond donors (Lipinski definition) is 0. The van der Waals surface area contributed by atoms with Crippen molar-refractivity contribution in [2.45, 2.75) is 56.7 Å². The van der Waals surface area contributed by atoms with E-state index in [4.69, 9.17) is 0 Å². The molecule has 1 aliphatic carbocycles. The molecule has 0 atom stereocenters. The number of nitrogens with zero attached hydrogens (tertiary/aromatic N) is 3. The largest absolute Gasteiger partial charge is 0.449 e. The Balaban J connectivity index is 1.31. The zero-order valence-electron chi connectivity index (χ0n) is 17.8. The van der Waals surface area contributed by atoms with Gasteiger partial charge in [-0.05, 0) is 55.2 Å². The predicted molar refractivity (Wildman–Crippen MR) is 119 cm³/mol. The molecule has 3 aromatic rings. The minimum absolute atomic E-state index is 0.0824. The fourth-order valence-electron chi connectivity index (χ4n) is 5.45. The number of aromatic nitrogens is 2. The first-order valence-corrected chi connectivity index (χ1v) is 12.1. The third-order valence-corrected chi connectivity index (χ3v) is 8.18. The number of benzene rings is 1. The number of thiophene rings is 1. The van der Waals surface area contributed by atoms with E-state index in [2.05, 4.69) is 11.1 Å². The maximum Gasteiger partial charge on any atom is 0.449 e. The zero-order chi connectivity index (χ0) is 22.3. The SMILES string of the molecule is O=C(N1CCC(Cn2c(C(F)(F)F)nc3ccccc32)CC1)C1(c2cccs2)CCCC1. The maximum atomic E-state index is 13.6. The topological polar surface area (TPSA) is 38.1 Å². The van der Waals surface area contributed by atoms with Gasteiger partial charge in [0.05, 0.1) is 16.4 Å². The summed E-state index contributed by atoms with van der Waals surface area (Å²) in [6.07, 6.45) is 0.823. The highest BCUT2D eigenvalue weighted by atomic mass is 32.1. The lowest BCUT2D eigenvalue weighted by Crippen LogP contribution is -2.48. The average Bonchev–Trinajstić information content (AvgIpc) is 3.54. The minimum atomic E-state index is -4.49. The Morgan fingerprint density at radius 2 is 1.81 bits per heavy atom. The molecule has 0 bridgehead atoms. The van der Waals surface area contributed by atoms with E-state index in [0.717, 1.165) is 30.6 Å². The highest BCUT2D eigenvalue weighted by Gasteiger charge is 2.46. The molecule has 5 rings (SSSR count). The van der Waals surface area contributed by atoms with Crippen molar-refractivity contribution in [2.75, 3.05) is 13.1 Å². The van der Waals surface area contributed by atoms with Crippen LogP contribution in [0.3, 0.4) is 0 Å². The predicted octanol–water partition coefficient (Wildman–Crippen LogP) is 5.87. The molecule has 2 aromatic heterocycles. The zero-order valence-corrected chi connectivity index (χ0v) is 18.6. The lowest BCUT2D eigenvalue weighted by Gasteiger charge is -2.38. The van der Waals surface area contributed by atoms with Crippen LogP contribution in [0.5, 0.6) is 0 Å². The molecule has 1 aromatic carbocycles. The normalized spacial score (nSPS) is 19.7. The van der Waals surface area contributed by atoms with Crippen LogP contribution in [0.2, 0.25) is 0 Å². The number of para-hydroxylation sites is 2. The molecule has 32 heavy (non-hydrogen) atoms. The number of piperidine rings is 1. The molecule has 0 radical (unpaired) electrons. The Kier molecular flexibility index (Phi) is 5.51. The van der Waals surface area contributed by atoms with E-state index < -0.39 is 17.4 Å². The molecule has 1 saturated carbocycles. The summed E-state index contributed by atoms with van der Waals surface area (Å²) in [6, 6.07) is 10.8. The standard InChI is InChI=1S/C24H26F3N3OS/c25-24(26,27)21-28-18-6-1-2-7-19(18)30(21)16-17-9-13-29(14-10-17)22(31)23(11-3-4-12-23)20-8-5-15-32-20/h1-2,5-8,15,17H,3-4,9-14,16H2. The monoisotopic (exact) mass is 461 g/mol. The van der Waals surface area contributed by atoms with Crippen LogP contribution in [0.1, 0.15) is 49.2 Å². The summed E-state index contributed by atoms with van der Waals surface area (Å²) >= 11 is 1.66. The van der Waals surface area contributed by atoms with Crippen molar-refractivity contribution in [2.24, 2.45) is 5.92 Å². The average molecular weight is 462 g/mol. The Morgan fingerprint density at radius 3 is 2.47 bits per heavy atom. The van der Waals surface area contributed by atoms with E-state index in [0.29, 0.717) is 37.0 Å². The van der Waals surface area contributed by atoms with Crippen LogP contribution in [0, 0.1) is 5.92 Å². The van der Waals surface area contributed by atoms with E-state index >= 15 is 0 Å². The Morgan fingerprint density at radius 1 is 1.09 bits per heavy atom. The number of carbonyl (C=O) groups is 1. The molecule has 1 saturated heterocycles. The van der Waals surface area contributed by atoms with E-state index in [1.807, 2.05) is 16.3 Å². The van der Waals surface area contributed by atoms with Crippen LogP contribution in [-0.2, 0) is 22.9 Å². The summed E-state index contributed by atoms with van der Waals surface area (Å²) in [4.78, 5) is 20.5. The number of fused-ring (bicyclic) bond motifs is 1. The number of carbonyl (C=O) groups excluding carboxylic acids is 1. The van der Waals surface area contributed by atoms with Gasteiger partial charge < -0.3 is 9.47 Å². The lowest BCUT2D eigenvalue weighted by molar-refractivity contribution is -0.147. The third-order valence-electron chi connectivity index (χ3n) is 7.11. The van der Waals surface area contributed by atoms with E-state index in [1.165, 1.54) is 4.57 Å². The molecule has 2 aliphatic rings. The first kappa shape index (κ1) is 21.5. The summed E-state index contributed by atoms with van der Waals surface area (Å²) in [5.41, 5.74) is 0.484. The second-order valence-electron chi connectivity index (χ2n) is 9.03. The van der Waals surface area contributed by atoms with E-state index in [-0.39, 0.29) is 18.4 Å². The number of alkyl halides is 3. The van der Waals surface area contributed by atoms with Crippen LogP contribution in [0.15, 0.2) is 41.8 Å². The van der Waals surface area contributed by atoms with Crippen molar-refractivity contribution >= 4 is 28.3 Å². The Hall–Kier alpha value is -2.35. The van der Waals surface area contributed by atoms with Gasteiger partial charge in [0.1, 0.15) is 0 Å². The molecule has 1 amide bonds. The second kappa shape index (κ2) is 8.21. The fourth-order valence-corrected chi connectivity index (χ4v) is 6.43. The van der Waals surface area contributed by atoms with Gasteiger partial charge >= 0.3 is 6.18 Å². The molecule has 2 fully saturated rings. The number of imidazole rings is 1. The van der Waals surface area contributed by atoms with Gasteiger partial charge in [-0.1, -0.05) is 31.0 Å². The molecule has 0 N–H and O–H groups in total. The van der Waals surface area contributed by atoms with E-state index in [9.17, 15) is 18.0 Å². The Labute approximate surface area is 189 Å². The fraction of sp³-hybridized carbons (Fsp3) is 0.500. The maximum absolute atomic E-state index is 13.6. The smallest absolute Gasteiger partial charge is 0.342 e. The highest BCUT2D eigenvalue weighted by molar-refractivity contribution is 7.10. The van der Waals surface area contributed by atoms with Gasteiger partial charge in [-0.15, -0.1) is 11.3 Å². The number of hydrogen-bond acceptors (Lipinski definition) is 3. The quantitative estimate of drug-likeness (QED) is 0.488. The van der Waals surface area contributed by atoms with Crippen molar-refractivity contribution in [3.8, 4) is 0 Å². The van der Waals surface area contributed by atoms with Crippen LogP contribution in [0.4, 0.5) is 13.2 Å². The van der Waals surface area contributed by atoms with Crippen LogP contribution >= 0.6 is 11.3 Å². The molecule has 8 heteroatoms. The van der Waals surface area contributed by atoms with Gasteiger partial charge in [0.25, 0.3) is 0 Å². The molecular formula is C24H26F3N3OS. The van der Waals surface area contributed by atoms with Crippen molar-refractivity contribution in [1.29, 1.82) is 0 Å². The first-order valence-electron chi connectivity index (χ1n) is 11.2. The molecule has 0 spiro atoms. The van der Waals surface area contributed by atoms with Crippen molar-refractivity contribution in [3.63, 3.8) is 0 Å². The molecule has 0 unspecified atom stereocenters. The van der Waals surface area contributed by atoms with E-state index in [1.54, 1.807) is 35.6 Å². The number of likely N-dealkylation sites (tertiary alicyclic amines) is 1. The summed E-state index contributed by atoms with van der Waals surface area (Å²) < 4.78 is 42.2. The van der Waals surface area contributed by atoms with Gasteiger partial charge in [-0.2, -0.15) is 13.2 Å². The van der Waals surface area contributed by atoms with Gasteiger partial charge in [0, 0.05) is 24.5 Å². The van der Waals surface area contributed by atoms with Crippen molar-refractivity contribution in [1.82, 2.24) is 14.5 Å². The summed E-state index contributed by atoms with van der Waals surface area (Å²) in [5.74, 6) is -0.543. The number of rotatable bonds is 4. The lowest BCUT2D eigenvalue weighted by atomic mass is 9.82. The molecule has 170 valence electrons. The molecule has 1 aliphatic heterocycles. The molecule has 4 nitrogen and oxygen atoms in total. The highest BCUT2D eigenvalue weighted by Crippen LogP contribution is 2.45. The van der Waals surface area contributed by atoms with Crippen molar-refractivity contribution < 1.29 is 18.0 Å². The molecule has 3 heterocycles. The summed E-state index contributed by atoms with van der Waals surface area (Å²) in [7, 11) is 0. The number of halogens is 3. The van der Waals surface area contributed by atoms with Gasteiger partial charge in [0.15, 0.2) is 0 Å². The summed E-state index contributed by atoms with van der Waals surface area (Å²) in [5, 5.41) is 2.03. The molecular weight excluding hydrogens is 435 g/mol. The second-order valence-corrected chi connectivity index (χ2v) is 9.98. The third kappa shape index (κ3) is 3.72. The first-order chi connectivity index (χ1) is 15.4. The van der Waals surface area contributed by atoms with Crippen LogP contribution < -0.4 is 0 Å². The van der Waals surface area contributed by atoms with Crippen LogP contribution in [-0.4, -0.2) is 33.4 Å². The van der Waals surface area contributed by atoms with Crippen molar-refractivity contribution in [3.05, 3.63) is 52.5 Å².